The summed E-state index contributed by atoms with van der Waals surface area (Å²) in [5.74, 6) is 0.105. The van der Waals surface area contributed by atoms with E-state index in [4.69, 9.17) is 4.74 Å². The van der Waals surface area contributed by atoms with Gasteiger partial charge in [0, 0.05) is 6.61 Å². The molecular weight excluding hydrogens is 340 g/mol. The second kappa shape index (κ2) is 8.35. The number of H-pyrrole nitrogens is 1. The molecule has 2 atom stereocenters. The molecule has 1 saturated heterocycles. The number of hydrogen-bond acceptors (Lipinski definition) is 5. The van der Waals surface area contributed by atoms with E-state index < -0.39 is 0 Å². The first-order valence-electron chi connectivity index (χ1n) is 8.37. The Morgan fingerprint density at radius 2 is 2.28 bits per heavy atom. The number of aromatic nitrogens is 3. The molecule has 2 N–H and O–H groups in total. The zero-order valence-corrected chi connectivity index (χ0v) is 14.9. The third-order valence-corrected chi connectivity index (χ3v) is 5.12. The highest BCUT2D eigenvalue weighted by Gasteiger charge is 2.20. The van der Waals surface area contributed by atoms with Crippen molar-refractivity contribution < 1.29 is 9.53 Å². The molecule has 7 nitrogen and oxygen atoms in total. The number of carbonyl (C=O) groups excluding carboxylic acids is 1. The summed E-state index contributed by atoms with van der Waals surface area (Å²) in [7, 11) is 0. The van der Waals surface area contributed by atoms with Gasteiger partial charge in [-0.15, -0.1) is 5.10 Å². The molecule has 1 aliphatic rings. The van der Waals surface area contributed by atoms with Gasteiger partial charge in [-0.3, -0.25) is 9.36 Å². The summed E-state index contributed by atoms with van der Waals surface area (Å²) >= 11 is 1.25. The summed E-state index contributed by atoms with van der Waals surface area (Å²) in [6, 6.07) is 9.72. The molecule has 134 valence electrons. The van der Waals surface area contributed by atoms with Crippen LogP contribution in [0, 0.1) is 0 Å². The molecule has 0 saturated carbocycles. The lowest BCUT2D eigenvalue weighted by atomic mass is 10.1. The average Bonchev–Trinajstić information content (AvgIpc) is 3.25. The number of carbonyl (C=O) groups is 1. The largest absolute Gasteiger partial charge is 0.376 e. The standard InChI is InChI=1S/C17H22N4O3S/c1-12(13-6-3-2-4-7-13)18-15(22)11-25-17-20-19-16(23)21(17)10-14-8-5-9-24-14/h2-4,6-7,12,14H,5,8-11H2,1H3,(H,18,22)(H,19,23). The van der Waals surface area contributed by atoms with E-state index in [1.807, 2.05) is 37.3 Å². The van der Waals surface area contributed by atoms with Crippen molar-refractivity contribution >= 4 is 17.7 Å². The molecule has 1 aromatic carbocycles. The lowest BCUT2D eigenvalue weighted by molar-refractivity contribution is -0.119. The highest BCUT2D eigenvalue weighted by atomic mass is 32.2. The predicted octanol–water partition coefficient (Wildman–Crippen LogP) is 1.72. The number of aromatic amines is 1. The van der Waals surface area contributed by atoms with Crippen LogP contribution in [-0.4, -0.2) is 39.1 Å². The maximum Gasteiger partial charge on any atom is 0.344 e. The first-order valence-corrected chi connectivity index (χ1v) is 9.36. The number of thioether (sulfide) groups is 1. The lowest BCUT2D eigenvalue weighted by Crippen LogP contribution is -2.29. The van der Waals surface area contributed by atoms with E-state index in [1.165, 1.54) is 11.8 Å². The van der Waals surface area contributed by atoms with Crippen LogP contribution in [0.5, 0.6) is 0 Å². The van der Waals surface area contributed by atoms with Crippen molar-refractivity contribution in [3.8, 4) is 0 Å². The van der Waals surface area contributed by atoms with Crippen molar-refractivity contribution in [2.45, 2.75) is 43.6 Å². The normalized spacial score (nSPS) is 18.2. The molecule has 1 aromatic heterocycles. The SMILES string of the molecule is CC(NC(=O)CSc1n[nH]c(=O)n1CC1CCCO1)c1ccccc1. The van der Waals surface area contributed by atoms with E-state index in [9.17, 15) is 9.59 Å². The first kappa shape index (κ1) is 17.8. The zero-order chi connectivity index (χ0) is 17.6. The monoisotopic (exact) mass is 362 g/mol. The van der Waals surface area contributed by atoms with Crippen molar-refractivity contribution in [1.29, 1.82) is 0 Å². The number of amides is 1. The fraction of sp³-hybridized carbons (Fsp3) is 0.471. The van der Waals surface area contributed by atoms with Gasteiger partial charge < -0.3 is 10.1 Å². The van der Waals surface area contributed by atoms with Crippen molar-refractivity contribution in [2.24, 2.45) is 0 Å². The second-order valence-electron chi connectivity index (χ2n) is 6.05. The summed E-state index contributed by atoms with van der Waals surface area (Å²) in [5, 5.41) is 9.94. The Morgan fingerprint density at radius 3 is 3.00 bits per heavy atom. The van der Waals surface area contributed by atoms with Crippen molar-refractivity contribution in [2.75, 3.05) is 12.4 Å². The van der Waals surface area contributed by atoms with Gasteiger partial charge in [-0.1, -0.05) is 42.1 Å². The summed E-state index contributed by atoms with van der Waals surface area (Å²) in [5.41, 5.74) is 0.784. The number of hydrogen-bond donors (Lipinski definition) is 2. The highest BCUT2D eigenvalue weighted by molar-refractivity contribution is 7.99. The summed E-state index contributed by atoms with van der Waals surface area (Å²) in [4.78, 5) is 24.1. The van der Waals surface area contributed by atoms with Crippen LogP contribution in [-0.2, 0) is 16.1 Å². The van der Waals surface area contributed by atoms with Gasteiger partial charge in [0.05, 0.1) is 24.4 Å². The van der Waals surface area contributed by atoms with Crippen LogP contribution in [0.4, 0.5) is 0 Å². The summed E-state index contributed by atoms with van der Waals surface area (Å²) in [6.45, 7) is 3.15. The molecule has 25 heavy (non-hydrogen) atoms. The van der Waals surface area contributed by atoms with Crippen LogP contribution in [0.15, 0.2) is 40.3 Å². The second-order valence-corrected chi connectivity index (χ2v) is 6.99. The minimum absolute atomic E-state index is 0.0431. The Hall–Kier alpha value is -2.06. The van der Waals surface area contributed by atoms with Gasteiger partial charge in [0.2, 0.25) is 5.91 Å². The summed E-state index contributed by atoms with van der Waals surface area (Å²) in [6.07, 6.45) is 2.00. The third-order valence-electron chi connectivity index (χ3n) is 4.14. The van der Waals surface area contributed by atoms with E-state index in [0.29, 0.717) is 11.7 Å². The Morgan fingerprint density at radius 1 is 1.48 bits per heavy atom. The minimum atomic E-state index is -0.268. The Bertz CT molecular complexity index is 753. The lowest BCUT2D eigenvalue weighted by Gasteiger charge is -2.14. The number of ether oxygens (including phenoxy) is 1. The van der Waals surface area contributed by atoms with Crippen molar-refractivity contribution in [3.05, 3.63) is 46.4 Å². The van der Waals surface area contributed by atoms with Crippen LogP contribution < -0.4 is 11.0 Å². The fourth-order valence-electron chi connectivity index (χ4n) is 2.80. The van der Waals surface area contributed by atoms with Crippen molar-refractivity contribution in [3.63, 3.8) is 0 Å². The summed E-state index contributed by atoms with van der Waals surface area (Å²) < 4.78 is 7.12. The van der Waals surface area contributed by atoms with Gasteiger partial charge in [0.1, 0.15) is 0 Å². The molecule has 8 heteroatoms. The van der Waals surface area contributed by atoms with Gasteiger partial charge in [-0.25, -0.2) is 9.89 Å². The van der Waals surface area contributed by atoms with Crippen LogP contribution >= 0.6 is 11.8 Å². The average molecular weight is 362 g/mol. The predicted molar refractivity (Wildman–Crippen MR) is 95.5 cm³/mol. The smallest absolute Gasteiger partial charge is 0.344 e. The third kappa shape index (κ3) is 4.73. The molecule has 0 aliphatic carbocycles. The molecule has 0 spiro atoms. The van der Waals surface area contributed by atoms with Gasteiger partial charge in [0.25, 0.3) is 0 Å². The van der Waals surface area contributed by atoms with E-state index in [2.05, 4.69) is 15.5 Å². The molecule has 0 bridgehead atoms. The van der Waals surface area contributed by atoms with Gasteiger partial charge in [-0.05, 0) is 25.3 Å². The number of nitrogens with one attached hydrogen (secondary N) is 2. The minimum Gasteiger partial charge on any atom is -0.376 e. The molecule has 1 aliphatic heterocycles. The number of nitrogens with zero attached hydrogens (tertiary/aromatic N) is 2. The van der Waals surface area contributed by atoms with Crippen LogP contribution in [0.25, 0.3) is 0 Å². The van der Waals surface area contributed by atoms with E-state index in [0.717, 1.165) is 25.0 Å². The molecule has 2 heterocycles. The molecule has 1 amide bonds. The molecular formula is C17H22N4O3S. The topological polar surface area (TPSA) is 89.0 Å². The van der Waals surface area contributed by atoms with Gasteiger partial charge >= 0.3 is 5.69 Å². The van der Waals surface area contributed by atoms with Crippen LogP contribution in [0.1, 0.15) is 31.4 Å². The number of benzene rings is 1. The molecule has 2 aromatic rings. The molecule has 2 unspecified atom stereocenters. The van der Waals surface area contributed by atoms with Crippen molar-refractivity contribution in [1.82, 2.24) is 20.1 Å². The first-order chi connectivity index (χ1) is 12.1. The van der Waals surface area contributed by atoms with Crippen LogP contribution in [0.2, 0.25) is 0 Å². The number of rotatable bonds is 7. The highest BCUT2D eigenvalue weighted by Crippen LogP contribution is 2.18. The van der Waals surface area contributed by atoms with Gasteiger partial charge in [-0.2, -0.15) is 0 Å². The fourth-order valence-corrected chi connectivity index (χ4v) is 3.57. The van der Waals surface area contributed by atoms with Crippen LogP contribution in [0.3, 0.4) is 0 Å². The molecule has 0 radical (unpaired) electrons. The van der Waals surface area contributed by atoms with E-state index >= 15 is 0 Å². The Labute approximate surface area is 150 Å². The van der Waals surface area contributed by atoms with E-state index in [1.54, 1.807) is 4.57 Å². The van der Waals surface area contributed by atoms with Gasteiger partial charge in [0.15, 0.2) is 5.16 Å². The Kier molecular flexibility index (Phi) is 5.93. The Balaban J connectivity index is 1.54. The quantitative estimate of drug-likeness (QED) is 0.732. The maximum absolute atomic E-state index is 12.2. The zero-order valence-electron chi connectivity index (χ0n) is 14.1. The maximum atomic E-state index is 12.2. The molecule has 3 rings (SSSR count). The molecule has 1 fully saturated rings. The van der Waals surface area contributed by atoms with E-state index in [-0.39, 0.29) is 29.5 Å².